The van der Waals surface area contributed by atoms with Crippen LogP contribution in [0.2, 0.25) is 0 Å². The molecule has 1 saturated heterocycles. The number of ether oxygens (including phenoxy) is 1. The van der Waals surface area contributed by atoms with Crippen molar-refractivity contribution in [1.29, 1.82) is 0 Å². The summed E-state index contributed by atoms with van der Waals surface area (Å²) < 4.78 is 5.30. The molecular formula is C8H13NO. The first-order valence-corrected chi connectivity index (χ1v) is 3.97. The first-order chi connectivity index (χ1) is 4.91. The van der Waals surface area contributed by atoms with Crippen LogP contribution in [0, 0.1) is 5.41 Å². The minimum Gasteiger partial charge on any atom is -0.381 e. The largest absolute Gasteiger partial charge is 0.381 e. The number of nitrogens with zero attached hydrogens (tertiary/aromatic N) is 1. The number of hydrogen-bond acceptors (Lipinski definition) is 2. The monoisotopic (exact) mass is 139 g/mol. The van der Waals surface area contributed by atoms with Crippen LogP contribution in [0.15, 0.2) is 4.99 Å². The van der Waals surface area contributed by atoms with Crippen LogP contribution in [0.3, 0.4) is 0 Å². The lowest BCUT2D eigenvalue weighted by Gasteiger charge is -2.31. The highest BCUT2D eigenvalue weighted by Crippen LogP contribution is 2.36. The molecule has 0 N–H and O–H groups in total. The van der Waals surface area contributed by atoms with Gasteiger partial charge >= 0.3 is 0 Å². The van der Waals surface area contributed by atoms with Crippen LogP contribution in [0.1, 0.15) is 19.3 Å². The van der Waals surface area contributed by atoms with E-state index in [9.17, 15) is 0 Å². The van der Waals surface area contributed by atoms with Gasteiger partial charge in [-0.1, -0.05) is 0 Å². The summed E-state index contributed by atoms with van der Waals surface area (Å²) in [4.78, 5) is 4.28. The molecule has 0 bridgehead atoms. The smallest absolute Gasteiger partial charge is 0.0472 e. The third-order valence-corrected chi connectivity index (χ3v) is 2.63. The van der Waals surface area contributed by atoms with Crippen molar-refractivity contribution in [2.75, 3.05) is 19.8 Å². The van der Waals surface area contributed by atoms with E-state index in [0.29, 0.717) is 5.41 Å². The lowest BCUT2D eigenvalue weighted by Crippen LogP contribution is -2.29. The topological polar surface area (TPSA) is 21.6 Å². The molecule has 0 radical (unpaired) electrons. The molecule has 56 valence electrons. The van der Waals surface area contributed by atoms with Crippen molar-refractivity contribution in [3.05, 3.63) is 0 Å². The highest BCUT2D eigenvalue weighted by atomic mass is 16.5. The molecule has 2 aliphatic heterocycles. The first-order valence-electron chi connectivity index (χ1n) is 3.97. The Bertz CT molecular complexity index is 137. The SMILES string of the molecule is C1=NCC2(C1)CCOCC2. The Kier molecular flexibility index (Phi) is 1.49. The van der Waals surface area contributed by atoms with Crippen molar-refractivity contribution in [2.45, 2.75) is 19.3 Å². The van der Waals surface area contributed by atoms with Gasteiger partial charge in [-0.15, -0.1) is 0 Å². The second kappa shape index (κ2) is 2.35. The van der Waals surface area contributed by atoms with Gasteiger partial charge in [-0.2, -0.15) is 0 Å². The predicted octanol–water partition coefficient (Wildman–Crippen LogP) is 1.26. The van der Waals surface area contributed by atoms with Crippen molar-refractivity contribution in [3.63, 3.8) is 0 Å². The van der Waals surface area contributed by atoms with Gasteiger partial charge in [0.1, 0.15) is 0 Å². The molecule has 0 aromatic rings. The van der Waals surface area contributed by atoms with E-state index in [1.54, 1.807) is 0 Å². The summed E-state index contributed by atoms with van der Waals surface area (Å²) in [6, 6.07) is 0. The predicted molar refractivity (Wildman–Crippen MR) is 40.5 cm³/mol. The van der Waals surface area contributed by atoms with Crippen molar-refractivity contribution in [2.24, 2.45) is 10.4 Å². The molecule has 0 saturated carbocycles. The summed E-state index contributed by atoms with van der Waals surface area (Å²) in [5.74, 6) is 0. The van der Waals surface area contributed by atoms with E-state index in [-0.39, 0.29) is 0 Å². The normalized spacial score (nSPS) is 29.6. The maximum Gasteiger partial charge on any atom is 0.0472 e. The Hall–Kier alpha value is -0.370. The zero-order valence-corrected chi connectivity index (χ0v) is 6.18. The van der Waals surface area contributed by atoms with Gasteiger partial charge in [0.25, 0.3) is 0 Å². The summed E-state index contributed by atoms with van der Waals surface area (Å²) in [7, 11) is 0. The van der Waals surface area contributed by atoms with Crippen LogP contribution in [-0.2, 0) is 4.74 Å². The van der Waals surface area contributed by atoms with Crippen LogP contribution in [0.25, 0.3) is 0 Å². The summed E-state index contributed by atoms with van der Waals surface area (Å²) in [6.45, 7) is 2.95. The van der Waals surface area contributed by atoms with E-state index >= 15 is 0 Å². The highest BCUT2D eigenvalue weighted by Gasteiger charge is 2.33. The second-order valence-electron chi connectivity index (χ2n) is 3.34. The van der Waals surface area contributed by atoms with Crippen molar-refractivity contribution in [3.8, 4) is 0 Å². The highest BCUT2D eigenvalue weighted by molar-refractivity contribution is 5.61. The molecule has 1 spiro atoms. The molecule has 2 nitrogen and oxygen atoms in total. The zero-order chi connectivity index (χ0) is 6.86. The van der Waals surface area contributed by atoms with Gasteiger partial charge in [0, 0.05) is 19.8 Å². The van der Waals surface area contributed by atoms with Gasteiger partial charge < -0.3 is 4.74 Å². The Morgan fingerprint density at radius 2 is 2.10 bits per heavy atom. The third-order valence-electron chi connectivity index (χ3n) is 2.63. The van der Waals surface area contributed by atoms with Crippen molar-refractivity contribution >= 4 is 6.21 Å². The number of rotatable bonds is 0. The quantitative estimate of drug-likeness (QED) is 0.495. The molecule has 2 rings (SSSR count). The molecule has 0 amide bonds. The lowest BCUT2D eigenvalue weighted by atomic mass is 9.79. The molecule has 2 aliphatic rings. The van der Waals surface area contributed by atoms with Crippen molar-refractivity contribution in [1.82, 2.24) is 0 Å². The molecule has 2 heterocycles. The zero-order valence-electron chi connectivity index (χ0n) is 6.18. The Morgan fingerprint density at radius 1 is 1.30 bits per heavy atom. The van der Waals surface area contributed by atoms with Gasteiger partial charge in [-0.05, 0) is 30.9 Å². The number of aliphatic imine (C=N–C) groups is 1. The summed E-state index contributed by atoms with van der Waals surface area (Å²) in [5, 5.41) is 0. The Labute approximate surface area is 61.3 Å². The molecule has 1 fully saturated rings. The fourth-order valence-electron chi connectivity index (χ4n) is 1.75. The molecule has 2 heteroatoms. The molecule has 0 unspecified atom stereocenters. The maximum atomic E-state index is 5.30. The third kappa shape index (κ3) is 0.966. The minimum absolute atomic E-state index is 0.526. The summed E-state index contributed by atoms with van der Waals surface area (Å²) in [5.41, 5.74) is 0.526. The average Bonchev–Trinajstić information content (AvgIpc) is 2.39. The summed E-state index contributed by atoms with van der Waals surface area (Å²) in [6.07, 6.45) is 5.70. The Morgan fingerprint density at radius 3 is 2.70 bits per heavy atom. The first kappa shape index (κ1) is 6.35. The van der Waals surface area contributed by atoms with Gasteiger partial charge in [0.15, 0.2) is 0 Å². The lowest BCUT2D eigenvalue weighted by molar-refractivity contribution is 0.0265. The van der Waals surface area contributed by atoms with Gasteiger partial charge in [0.05, 0.1) is 0 Å². The standard InChI is InChI=1S/C8H13NO/c1-4-9-7-8(1)2-5-10-6-3-8/h4H,1-3,5-7H2. The van der Waals surface area contributed by atoms with E-state index in [2.05, 4.69) is 11.2 Å². The molecule has 0 aromatic carbocycles. The molecule has 0 aliphatic carbocycles. The summed E-state index contributed by atoms with van der Waals surface area (Å²) >= 11 is 0. The van der Waals surface area contributed by atoms with Crippen LogP contribution in [0.4, 0.5) is 0 Å². The average molecular weight is 139 g/mol. The van der Waals surface area contributed by atoms with E-state index in [1.165, 1.54) is 19.3 Å². The molecule has 0 aromatic heterocycles. The molecule has 0 atom stereocenters. The second-order valence-corrected chi connectivity index (χ2v) is 3.34. The van der Waals surface area contributed by atoms with E-state index in [0.717, 1.165) is 19.8 Å². The van der Waals surface area contributed by atoms with Gasteiger partial charge in [-0.3, -0.25) is 4.99 Å². The molecule has 10 heavy (non-hydrogen) atoms. The van der Waals surface area contributed by atoms with Gasteiger partial charge in [0.2, 0.25) is 0 Å². The number of hydrogen-bond donors (Lipinski definition) is 0. The minimum atomic E-state index is 0.526. The van der Waals surface area contributed by atoms with E-state index in [1.807, 2.05) is 0 Å². The van der Waals surface area contributed by atoms with E-state index < -0.39 is 0 Å². The van der Waals surface area contributed by atoms with Gasteiger partial charge in [-0.25, -0.2) is 0 Å². The van der Waals surface area contributed by atoms with Crippen LogP contribution in [-0.4, -0.2) is 26.0 Å². The van der Waals surface area contributed by atoms with Crippen molar-refractivity contribution < 1.29 is 4.74 Å². The van der Waals surface area contributed by atoms with E-state index in [4.69, 9.17) is 4.74 Å². The fourth-order valence-corrected chi connectivity index (χ4v) is 1.75. The fraction of sp³-hybridized carbons (Fsp3) is 0.875. The maximum absolute atomic E-state index is 5.30. The van der Waals surface area contributed by atoms with Crippen LogP contribution < -0.4 is 0 Å². The van der Waals surface area contributed by atoms with Crippen LogP contribution in [0.5, 0.6) is 0 Å². The Balaban J connectivity index is 2.00. The molecular weight excluding hydrogens is 126 g/mol. The van der Waals surface area contributed by atoms with Crippen LogP contribution >= 0.6 is 0 Å².